The molecule has 11 heteroatoms. The van der Waals surface area contributed by atoms with E-state index in [-0.39, 0.29) is 12.1 Å². The normalized spacial score (nSPS) is 35.5. The fourth-order valence-electron chi connectivity index (χ4n) is 2.32. The number of aliphatic hydroxyl groups is 2. The number of hydrogen-bond donors (Lipinski definition) is 5. The van der Waals surface area contributed by atoms with E-state index in [0.717, 1.165) is 0 Å². The molecule has 0 radical (unpaired) electrons. The molecule has 1 fully saturated rings. The second-order valence-electron chi connectivity index (χ2n) is 4.95. The first-order valence-corrected chi connectivity index (χ1v) is 7.88. The first kappa shape index (κ1) is 17.3. The number of nitrogens with one attached hydrogen (secondary N) is 1. The number of quaternary nitrogens is 1. The Kier molecular flexibility index (Phi) is 5.15. The summed E-state index contributed by atoms with van der Waals surface area (Å²) < 4.78 is 20.3. The van der Waals surface area contributed by atoms with Crippen molar-refractivity contribution in [3.8, 4) is 0 Å². The third-order valence-corrected chi connectivity index (χ3v) is 3.88. The van der Waals surface area contributed by atoms with E-state index in [1.807, 2.05) is 0 Å². The third-order valence-electron chi connectivity index (χ3n) is 3.40. The lowest BCUT2D eigenvalue weighted by Crippen LogP contribution is -3.13. The van der Waals surface area contributed by atoms with Gasteiger partial charge >= 0.3 is 7.82 Å². The highest BCUT2D eigenvalue weighted by molar-refractivity contribution is 7.46. The van der Waals surface area contributed by atoms with Crippen LogP contribution in [0, 0.1) is 0 Å². The van der Waals surface area contributed by atoms with Gasteiger partial charge in [-0.3, -0.25) is 9.42 Å². The van der Waals surface area contributed by atoms with Gasteiger partial charge < -0.3 is 34.6 Å². The summed E-state index contributed by atoms with van der Waals surface area (Å²) >= 11 is 0. The highest BCUT2D eigenvalue weighted by Gasteiger charge is 2.48. The zero-order chi connectivity index (χ0) is 16.5. The van der Waals surface area contributed by atoms with E-state index in [1.54, 1.807) is 6.20 Å². The zero-order valence-electron chi connectivity index (χ0n) is 11.2. The van der Waals surface area contributed by atoms with Crippen LogP contribution < -0.4 is 10.0 Å². The van der Waals surface area contributed by atoms with Crippen molar-refractivity contribution in [1.29, 1.82) is 0 Å². The number of allylic oxidation sites excluding steroid dienone is 2. The van der Waals surface area contributed by atoms with Crippen LogP contribution in [-0.2, 0) is 18.6 Å². The molecule has 0 saturated carbocycles. The van der Waals surface area contributed by atoms with Gasteiger partial charge in [0.05, 0.1) is 18.8 Å². The second-order valence-corrected chi connectivity index (χ2v) is 6.19. The number of aliphatic hydroxyl groups excluding tert-OH is 2. The number of carboxylic acid groups (broad SMARTS) is 1. The molecule has 0 bridgehead atoms. The number of carbonyl (C=O) groups is 1. The molecular formula is C11H16NO9P. The van der Waals surface area contributed by atoms with Crippen LogP contribution in [0.2, 0.25) is 0 Å². The van der Waals surface area contributed by atoms with Gasteiger partial charge in [-0.15, -0.1) is 0 Å². The second kappa shape index (κ2) is 6.57. The molecular weight excluding hydrogens is 321 g/mol. The molecule has 124 valence electrons. The summed E-state index contributed by atoms with van der Waals surface area (Å²) in [7, 11) is -4.73. The number of carbonyl (C=O) groups excluding carboxylic acids is 1. The molecule has 22 heavy (non-hydrogen) atoms. The monoisotopic (exact) mass is 337 g/mol. The van der Waals surface area contributed by atoms with Gasteiger partial charge in [0.2, 0.25) is 6.23 Å². The quantitative estimate of drug-likeness (QED) is 0.312. The lowest BCUT2D eigenvalue weighted by atomic mass is 10.1. The van der Waals surface area contributed by atoms with Gasteiger partial charge in [-0.2, -0.15) is 0 Å². The Morgan fingerprint density at radius 3 is 2.73 bits per heavy atom. The topological polar surface area (TPSA) is 161 Å². The van der Waals surface area contributed by atoms with Crippen LogP contribution in [0.25, 0.3) is 0 Å². The third kappa shape index (κ3) is 4.00. The van der Waals surface area contributed by atoms with Crippen molar-refractivity contribution in [2.75, 3.05) is 13.2 Å². The summed E-state index contributed by atoms with van der Waals surface area (Å²) in [5.41, 5.74) is -0.00212. The predicted molar refractivity (Wildman–Crippen MR) is 66.7 cm³/mol. The Balaban J connectivity index is 2.01. The maximum Gasteiger partial charge on any atom is 0.469 e. The van der Waals surface area contributed by atoms with Crippen molar-refractivity contribution >= 4 is 13.8 Å². The molecule has 0 aromatic rings. The summed E-state index contributed by atoms with van der Waals surface area (Å²) in [6, 6.07) is 0. The summed E-state index contributed by atoms with van der Waals surface area (Å²) in [4.78, 5) is 28.5. The van der Waals surface area contributed by atoms with Gasteiger partial charge in [-0.25, -0.2) is 4.57 Å². The molecule has 0 aromatic heterocycles. The van der Waals surface area contributed by atoms with E-state index in [9.17, 15) is 24.7 Å². The Morgan fingerprint density at radius 2 is 2.14 bits per heavy atom. The smallest absolute Gasteiger partial charge is 0.469 e. The Bertz CT molecular complexity index is 542. The van der Waals surface area contributed by atoms with Gasteiger partial charge in [-0.05, 0) is 12.2 Å². The van der Waals surface area contributed by atoms with Crippen LogP contribution in [0.3, 0.4) is 0 Å². The average Bonchev–Trinajstić information content (AvgIpc) is 2.72. The van der Waals surface area contributed by atoms with E-state index in [4.69, 9.17) is 14.5 Å². The molecule has 5 atom stereocenters. The molecule has 2 aliphatic rings. The van der Waals surface area contributed by atoms with Crippen molar-refractivity contribution in [2.45, 2.75) is 24.5 Å². The van der Waals surface area contributed by atoms with Crippen LogP contribution >= 0.6 is 7.82 Å². The van der Waals surface area contributed by atoms with Gasteiger partial charge in [0.15, 0.2) is 6.10 Å². The van der Waals surface area contributed by atoms with Crippen LogP contribution in [0.15, 0.2) is 23.9 Å². The number of rotatable bonds is 5. The van der Waals surface area contributed by atoms with E-state index in [2.05, 4.69) is 4.52 Å². The zero-order valence-corrected chi connectivity index (χ0v) is 12.1. The minimum atomic E-state index is -4.73. The summed E-state index contributed by atoms with van der Waals surface area (Å²) in [5, 5.41) is 30.7. The molecule has 2 aliphatic heterocycles. The number of hydrogen-bond acceptors (Lipinski definition) is 7. The van der Waals surface area contributed by atoms with Crippen LogP contribution in [-0.4, -0.2) is 63.7 Å². The van der Waals surface area contributed by atoms with Crippen molar-refractivity contribution in [3.63, 3.8) is 0 Å². The van der Waals surface area contributed by atoms with Gasteiger partial charge in [0.25, 0.3) is 0 Å². The summed E-state index contributed by atoms with van der Waals surface area (Å²) in [6.45, 7) is -0.640. The number of phosphoric acid groups is 1. The molecule has 0 aliphatic carbocycles. The van der Waals surface area contributed by atoms with E-state index in [0.29, 0.717) is 4.90 Å². The molecule has 10 nitrogen and oxygen atoms in total. The Hall–Kier alpha value is -1.10. The van der Waals surface area contributed by atoms with Crippen LogP contribution in [0.4, 0.5) is 0 Å². The Morgan fingerprint density at radius 1 is 1.45 bits per heavy atom. The number of ether oxygens (including phenoxy) is 1. The minimum Gasteiger partial charge on any atom is -0.545 e. The number of aliphatic carboxylic acids is 1. The number of carboxylic acids is 1. The van der Waals surface area contributed by atoms with E-state index in [1.165, 1.54) is 12.2 Å². The highest BCUT2D eigenvalue weighted by Crippen LogP contribution is 2.36. The summed E-state index contributed by atoms with van der Waals surface area (Å²) in [6.07, 6.45) is -0.595. The largest absolute Gasteiger partial charge is 0.545 e. The molecule has 1 saturated heterocycles. The Labute approximate surface area is 125 Å². The molecule has 0 amide bonds. The maximum absolute atomic E-state index is 10.9. The van der Waals surface area contributed by atoms with Gasteiger partial charge in [-0.1, -0.05) is 0 Å². The maximum atomic E-state index is 10.9. The van der Waals surface area contributed by atoms with Crippen LogP contribution in [0.5, 0.6) is 0 Å². The first-order chi connectivity index (χ1) is 10.2. The van der Waals surface area contributed by atoms with Crippen molar-refractivity contribution < 1.29 is 48.6 Å². The fourth-order valence-corrected chi connectivity index (χ4v) is 2.67. The van der Waals surface area contributed by atoms with E-state index < -0.39 is 44.9 Å². The molecule has 0 aromatic carbocycles. The molecule has 0 spiro atoms. The van der Waals surface area contributed by atoms with Crippen molar-refractivity contribution in [2.24, 2.45) is 0 Å². The first-order valence-electron chi connectivity index (χ1n) is 6.35. The van der Waals surface area contributed by atoms with Gasteiger partial charge in [0, 0.05) is 5.57 Å². The number of phosphoric ester groups is 1. The molecule has 5 N–H and O–H groups in total. The molecule has 2 rings (SSSR count). The minimum absolute atomic E-state index is 0.00212. The van der Waals surface area contributed by atoms with E-state index >= 15 is 0 Å². The molecule has 2 heterocycles. The average molecular weight is 337 g/mol. The summed E-state index contributed by atoms with van der Waals surface area (Å²) in [5.74, 6) is -1.35. The SMILES string of the molecule is O=C([O-])C1=CC=C[NH+](C2OC(COP(=O)(O)O)C(O)C2O)C1. The van der Waals surface area contributed by atoms with Gasteiger partial charge in [0.1, 0.15) is 18.8 Å². The highest BCUT2D eigenvalue weighted by atomic mass is 31.2. The lowest BCUT2D eigenvalue weighted by molar-refractivity contribution is -0.898. The predicted octanol–water partition coefficient (Wildman–Crippen LogP) is -4.37. The fraction of sp³-hybridized carbons (Fsp3) is 0.545. The van der Waals surface area contributed by atoms with Crippen molar-refractivity contribution in [3.05, 3.63) is 23.9 Å². The standard InChI is InChI=1S/C11H16NO9P/c13-8-7(5-20-22(17,18)19)21-10(9(8)14)12-3-1-2-6(4-12)11(15)16/h1-3,7-10,13-14H,4-5H2,(H,15,16)(H2,17,18,19). The van der Waals surface area contributed by atoms with Crippen LogP contribution in [0.1, 0.15) is 0 Å². The van der Waals surface area contributed by atoms with Crippen molar-refractivity contribution in [1.82, 2.24) is 0 Å². The molecule has 5 unspecified atom stereocenters. The lowest BCUT2D eigenvalue weighted by Gasteiger charge is -2.26.